The first-order chi connectivity index (χ1) is 16.1. The van der Waals surface area contributed by atoms with Crippen molar-refractivity contribution in [2.24, 2.45) is 5.10 Å². The lowest BCUT2D eigenvalue weighted by Crippen LogP contribution is -2.51. The van der Waals surface area contributed by atoms with Crippen molar-refractivity contribution in [3.63, 3.8) is 0 Å². The number of thioether (sulfide) groups is 1. The SMILES string of the molecule is O=C(CSC1CN(C(c2ccccc2)c2ccccc2)C1)N/N=C/c1ccc([N+](=O)[O-])cc1. The third-order valence-corrected chi connectivity index (χ3v) is 6.63. The van der Waals surface area contributed by atoms with E-state index >= 15 is 0 Å². The standard InChI is InChI=1S/C25H24N4O3S/c30-24(27-26-15-19-11-13-22(14-12-19)29(31)32)18-33-23-16-28(17-23)25(20-7-3-1-4-8-20)21-9-5-2-6-10-21/h1-15,23,25H,16-18H2,(H,27,30)/b26-15+. The molecular weight excluding hydrogens is 436 g/mol. The number of nitrogens with zero attached hydrogens (tertiary/aromatic N) is 3. The molecule has 0 atom stereocenters. The van der Waals surface area contributed by atoms with E-state index < -0.39 is 4.92 Å². The van der Waals surface area contributed by atoms with Crippen LogP contribution in [0.4, 0.5) is 5.69 Å². The summed E-state index contributed by atoms with van der Waals surface area (Å²) in [5.41, 5.74) is 5.75. The van der Waals surface area contributed by atoms with Crippen molar-refractivity contribution in [2.75, 3.05) is 18.8 Å². The number of rotatable bonds is 9. The van der Waals surface area contributed by atoms with Gasteiger partial charge in [-0.2, -0.15) is 5.10 Å². The van der Waals surface area contributed by atoms with Crippen LogP contribution in [0.5, 0.6) is 0 Å². The number of nitro benzene ring substituents is 1. The van der Waals surface area contributed by atoms with E-state index in [9.17, 15) is 14.9 Å². The molecule has 0 unspecified atom stereocenters. The van der Waals surface area contributed by atoms with Gasteiger partial charge < -0.3 is 0 Å². The van der Waals surface area contributed by atoms with Crippen molar-refractivity contribution >= 4 is 29.6 Å². The predicted octanol–water partition coefficient (Wildman–Crippen LogP) is 4.25. The van der Waals surface area contributed by atoms with E-state index in [-0.39, 0.29) is 17.6 Å². The zero-order valence-corrected chi connectivity index (χ0v) is 18.7. The summed E-state index contributed by atoms with van der Waals surface area (Å²) >= 11 is 1.63. The Morgan fingerprint density at radius 1 is 1.03 bits per heavy atom. The quantitative estimate of drug-likeness (QED) is 0.293. The van der Waals surface area contributed by atoms with Gasteiger partial charge in [0.1, 0.15) is 0 Å². The van der Waals surface area contributed by atoms with E-state index in [4.69, 9.17) is 0 Å². The summed E-state index contributed by atoms with van der Waals surface area (Å²) in [4.78, 5) is 24.8. The molecule has 0 aromatic heterocycles. The fourth-order valence-corrected chi connectivity index (χ4v) is 4.80. The highest BCUT2D eigenvalue weighted by Crippen LogP contribution is 2.35. The van der Waals surface area contributed by atoms with Gasteiger partial charge in [0.25, 0.3) is 5.69 Å². The maximum Gasteiger partial charge on any atom is 0.269 e. The average Bonchev–Trinajstić information content (AvgIpc) is 2.82. The summed E-state index contributed by atoms with van der Waals surface area (Å²) in [6.45, 7) is 1.83. The molecule has 0 radical (unpaired) electrons. The number of likely N-dealkylation sites (tertiary alicyclic amines) is 1. The van der Waals surface area contributed by atoms with Gasteiger partial charge in [-0.3, -0.25) is 19.8 Å². The summed E-state index contributed by atoms with van der Waals surface area (Å²) < 4.78 is 0. The first kappa shape index (κ1) is 22.7. The smallest absolute Gasteiger partial charge is 0.269 e. The minimum absolute atomic E-state index is 0.0175. The van der Waals surface area contributed by atoms with Gasteiger partial charge in [-0.25, -0.2) is 5.43 Å². The van der Waals surface area contributed by atoms with Crippen molar-refractivity contribution < 1.29 is 9.72 Å². The zero-order chi connectivity index (χ0) is 23.0. The summed E-state index contributed by atoms with van der Waals surface area (Å²) in [5, 5.41) is 15.0. The van der Waals surface area contributed by atoms with Crippen LogP contribution < -0.4 is 5.43 Å². The maximum absolute atomic E-state index is 12.1. The number of carbonyl (C=O) groups is 1. The molecular formula is C25H24N4O3S. The number of hydrogen-bond donors (Lipinski definition) is 1. The Balaban J connectivity index is 1.24. The Morgan fingerprint density at radius 3 is 2.15 bits per heavy atom. The molecule has 1 aliphatic heterocycles. The fourth-order valence-electron chi connectivity index (χ4n) is 3.76. The Bertz CT molecular complexity index is 1060. The molecule has 3 aromatic carbocycles. The highest BCUT2D eigenvalue weighted by Gasteiger charge is 2.34. The van der Waals surface area contributed by atoms with Gasteiger partial charge in [-0.15, -0.1) is 11.8 Å². The van der Waals surface area contributed by atoms with E-state index in [0.717, 1.165) is 13.1 Å². The van der Waals surface area contributed by atoms with E-state index in [1.54, 1.807) is 23.9 Å². The normalized spacial score (nSPS) is 14.3. The molecule has 168 valence electrons. The molecule has 1 N–H and O–H groups in total. The van der Waals surface area contributed by atoms with Crippen molar-refractivity contribution in [1.82, 2.24) is 10.3 Å². The van der Waals surface area contributed by atoms with E-state index in [1.807, 2.05) is 12.1 Å². The van der Waals surface area contributed by atoms with Crippen LogP contribution in [0.3, 0.4) is 0 Å². The fraction of sp³-hybridized carbons (Fsp3) is 0.200. The molecule has 0 aliphatic carbocycles. The molecule has 0 bridgehead atoms. The Labute approximate surface area is 196 Å². The minimum Gasteiger partial charge on any atom is -0.290 e. The molecule has 1 heterocycles. The largest absolute Gasteiger partial charge is 0.290 e. The monoisotopic (exact) mass is 460 g/mol. The van der Waals surface area contributed by atoms with Gasteiger partial charge >= 0.3 is 0 Å². The summed E-state index contributed by atoms with van der Waals surface area (Å²) in [6.07, 6.45) is 1.47. The van der Waals surface area contributed by atoms with Crippen LogP contribution in [0, 0.1) is 10.1 Å². The lowest BCUT2D eigenvalue weighted by Gasteiger charge is -2.44. The number of non-ortho nitro benzene ring substituents is 1. The molecule has 1 saturated heterocycles. The van der Waals surface area contributed by atoms with Crippen LogP contribution in [-0.4, -0.2) is 46.0 Å². The minimum atomic E-state index is -0.455. The molecule has 1 aliphatic rings. The summed E-state index contributed by atoms with van der Waals surface area (Å²) in [7, 11) is 0. The molecule has 3 aromatic rings. The number of amides is 1. The average molecular weight is 461 g/mol. The van der Waals surface area contributed by atoms with Gasteiger partial charge in [-0.1, -0.05) is 60.7 Å². The third-order valence-electron chi connectivity index (χ3n) is 5.43. The first-order valence-electron chi connectivity index (χ1n) is 10.6. The van der Waals surface area contributed by atoms with Crippen molar-refractivity contribution in [1.29, 1.82) is 0 Å². The zero-order valence-electron chi connectivity index (χ0n) is 17.9. The Kier molecular flexibility index (Phi) is 7.49. The Hall–Kier alpha value is -3.49. The van der Waals surface area contributed by atoms with Crippen LogP contribution >= 0.6 is 11.8 Å². The predicted molar refractivity (Wildman–Crippen MR) is 131 cm³/mol. The van der Waals surface area contributed by atoms with Crippen molar-refractivity contribution in [2.45, 2.75) is 11.3 Å². The second-order valence-electron chi connectivity index (χ2n) is 7.75. The second-order valence-corrected chi connectivity index (χ2v) is 9.04. The second kappa shape index (κ2) is 10.9. The molecule has 1 fully saturated rings. The van der Waals surface area contributed by atoms with Crippen LogP contribution in [0.25, 0.3) is 0 Å². The number of hydrogen-bond acceptors (Lipinski definition) is 6. The number of benzene rings is 3. The van der Waals surface area contributed by atoms with E-state index in [2.05, 4.69) is 64.0 Å². The van der Waals surface area contributed by atoms with Crippen LogP contribution in [0.15, 0.2) is 90.0 Å². The van der Waals surface area contributed by atoms with Gasteiger partial charge in [-0.05, 0) is 28.8 Å². The number of hydrazone groups is 1. The summed E-state index contributed by atoms with van der Waals surface area (Å²) in [5.74, 6) is 0.163. The van der Waals surface area contributed by atoms with E-state index in [0.29, 0.717) is 16.6 Å². The lowest BCUT2D eigenvalue weighted by molar-refractivity contribution is -0.384. The van der Waals surface area contributed by atoms with Crippen molar-refractivity contribution in [3.05, 3.63) is 112 Å². The van der Waals surface area contributed by atoms with E-state index in [1.165, 1.54) is 29.5 Å². The van der Waals surface area contributed by atoms with Gasteiger partial charge in [0.05, 0.1) is 22.9 Å². The number of nitro groups is 1. The van der Waals surface area contributed by atoms with Gasteiger partial charge in [0.15, 0.2) is 0 Å². The lowest BCUT2D eigenvalue weighted by atomic mass is 9.94. The number of nitrogens with one attached hydrogen (secondary N) is 1. The van der Waals surface area contributed by atoms with Crippen LogP contribution in [0.1, 0.15) is 22.7 Å². The number of carbonyl (C=O) groups excluding carboxylic acids is 1. The maximum atomic E-state index is 12.1. The van der Waals surface area contributed by atoms with Crippen LogP contribution in [0.2, 0.25) is 0 Å². The highest BCUT2D eigenvalue weighted by atomic mass is 32.2. The molecule has 0 saturated carbocycles. The first-order valence-corrected chi connectivity index (χ1v) is 11.7. The summed E-state index contributed by atoms with van der Waals surface area (Å²) in [6, 6.07) is 27.2. The molecule has 8 heteroatoms. The Morgan fingerprint density at radius 2 is 1.61 bits per heavy atom. The molecule has 7 nitrogen and oxygen atoms in total. The van der Waals surface area contributed by atoms with Crippen molar-refractivity contribution in [3.8, 4) is 0 Å². The van der Waals surface area contributed by atoms with Gasteiger partial charge in [0.2, 0.25) is 5.91 Å². The highest BCUT2D eigenvalue weighted by molar-refractivity contribution is 8.00. The van der Waals surface area contributed by atoms with Crippen LogP contribution in [-0.2, 0) is 4.79 Å². The molecule has 4 rings (SSSR count). The molecule has 1 amide bonds. The van der Waals surface area contributed by atoms with Gasteiger partial charge in [0, 0.05) is 30.5 Å². The third kappa shape index (κ3) is 6.06. The molecule has 33 heavy (non-hydrogen) atoms. The topological polar surface area (TPSA) is 87.8 Å². The molecule has 0 spiro atoms.